The molecule has 5 nitrogen and oxygen atoms in total. The van der Waals surface area contributed by atoms with Crippen molar-refractivity contribution in [2.24, 2.45) is 5.92 Å². The van der Waals surface area contributed by atoms with Crippen molar-refractivity contribution >= 4 is 28.3 Å². The summed E-state index contributed by atoms with van der Waals surface area (Å²) < 4.78 is 5.61. The lowest BCUT2D eigenvalue weighted by atomic mass is 10.1. The highest BCUT2D eigenvalue weighted by Crippen LogP contribution is 2.24. The van der Waals surface area contributed by atoms with E-state index in [4.69, 9.17) is 4.74 Å². The minimum atomic E-state index is -0.182. The average Bonchev–Trinajstić information content (AvgIpc) is 3.12. The van der Waals surface area contributed by atoms with E-state index in [9.17, 15) is 9.59 Å². The Labute approximate surface area is 163 Å². The first kappa shape index (κ1) is 18.0. The molecular formula is C23H22N2O3. The van der Waals surface area contributed by atoms with Gasteiger partial charge in [0.05, 0.1) is 0 Å². The van der Waals surface area contributed by atoms with E-state index in [1.807, 2.05) is 72.8 Å². The van der Waals surface area contributed by atoms with Gasteiger partial charge in [-0.15, -0.1) is 0 Å². The summed E-state index contributed by atoms with van der Waals surface area (Å²) in [5.41, 5.74) is 0.904. The average molecular weight is 374 g/mol. The van der Waals surface area contributed by atoms with Gasteiger partial charge in [-0.3, -0.25) is 9.59 Å². The molecule has 4 rings (SSSR count). The summed E-state index contributed by atoms with van der Waals surface area (Å²) >= 11 is 0. The van der Waals surface area contributed by atoms with Gasteiger partial charge in [0.1, 0.15) is 5.75 Å². The predicted molar refractivity (Wildman–Crippen MR) is 109 cm³/mol. The third kappa shape index (κ3) is 4.14. The van der Waals surface area contributed by atoms with Crippen molar-refractivity contribution < 1.29 is 14.3 Å². The van der Waals surface area contributed by atoms with Gasteiger partial charge in [-0.05, 0) is 35.0 Å². The third-order valence-corrected chi connectivity index (χ3v) is 4.95. The first-order valence-corrected chi connectivity index (χ1v) is 9.43. The van der Waals surface area contributed by atoms with Crippen molar-refractivity contribution in [1.29, 1.82) is 0 Å². The van der Waals surface area contributed by atoms with E-state index in [0.717, 1.165) is 16.5 Å². The molecule has 3 aromatic carbocycles. The summed E-state index contributed by atoms with van der Waals surface area (Å²) in [5.74, 6) is 0.689. The van der Waals surface area contributed by atoms with Gasteiger partial charge >= 0.3 is 0 Å². The van der Waals surface area contributed by atoms with E-state index >= 15 is 0 Å². The van der Waals surface area contributed by atoms with Crippen LogP contribution in [0.15, 0.2) is 72.8 Å². The molecule has 1 saturated heterocycles. The van der Waals surface area contributed by atoms with Crippen molar-refractivity contribution in [3.63, 3.8) is 0 Å². The summed E-state index contributed by atoms with van der Waals surface area (Å²) in [6.07, 6.45) is 0.445. The highest BCUT2D eigenvalue weighted by molar-refractivity contribution is 5.95. The number of anilines is 1. The van der Waals surface area contributed by atoms with Crippen LogP contribution in [0.25, 0.3) is 10.8 Å². The number of hydrogen-bond acceptors (Lipinski definition) is 3. The monoisotopic (exact) mass is 374 g/mol. The zero-order valence-electron chi connectivity index (χ0n) is 15.5. The van der Waals surface area contributed by atoms with Gasteiger partial charge in [0.25, 0.3) is 5.91 Å². The predicted octanol–water partition coefficient (Wildman–Crippen LogP) is 3.39. The molecule has 1 heterocycles. The lowest BCUT2D eigenvalue weighted by Crippen LogP contribution is -2.34. The zero-order valence-corrected chi connectivity index (χ0v) is 15.5. The number of benzene rings is 3. The van der Waals surface area contributed by atoms with Crippen molar-refractivity contribution in [3.8, 4) is 5.75 Å². The summed E-state index contributed by atoms with van der Waals surface area (Å²) in [4.78, 5) is 26.2. The fourth-order valence-electron chi connectivity index (χ4n) is 3.49. The number of amides is 2. The van der Waals surface area contributed by atoms with E-state index in [2.05, 4.69) is 5.32 Å². The molecule has 0 spiro atoms. The minimum Gasteiger partial charge on any atom is -0.484 e. The molecule has 0 bridgehead atoms. The van der Waals surface area contributed by atoms with Crippen molar-refractivity contribution in [2.75, 3.05) is 24.6 Å². The maximum absolute atomic E-state index is 12.2. The lowest BCUT2D eigenvalue weighted by molar-refractivity contribution is -0.123. The number of para-hydroxylation sites is 1. The largest absolute Gasteiger partial charge is 0.484 e. The fourth-order valence-corrected chi connectivity index (χ4v) is 3.49. The molecule has 1 atom stereocenters. The summed E-state index contributed by atoms with van der Waals surface area (Å²) in [6.45, 7) is 1.05. The lowest BCUT2D eigenvalue weighted by Gasteiger charge is -2.17. The van der Waals surface area contributed by atoms with Gasteiger partial charge < -0.3 is 15.0 Å². The first-order chi connectivity index (χ1) is 13.7. The number of nitrogens with one attached hydrogen (secondary N) is 1. The molecule has 0 aromatic heterocycles. The Morgan fingerprint density at radius 3 is 2.57 bits per heavy atom. The van der Waals surface area contributed by atoms with Crippen molar-refractivity contribution in [2.45, 2.75) is 6.42 Å². The standard InChI is InChI=1S/C23H22N2O3/c26-22(16-28-21-11-10-18-6-4-5-7-19(18)13-21)24-14-17-12-23(27)25(15-17)20-8-2-1-3-9-20/h1-11,13,17H,12,14-16H2,(H,24,26). The van der Waals surface area contributed by atoms with Gasteiger partial charge in [-0.1, -0.05) is 48.5 Å². The number of hydrogen-bond donors (Lipinski definition) is 1. The molecule has 5 heteroatoms. The molecule has 0 aliphatic carbocycles. The normalized spacial score (nSPS) is 16.4. The van der Waals surface area contributed by atoms with Crippen LogP contribution in [0.1, 0.15) is 6.42 Å². The molecule has 2 amide bonds. The Hall–Kier alpha value is -3.34. The maximum atomic E-state index is 12.2. The van der Waals surface area contributed by atoms with E-state index < -0.39 is 0 Å². The van der Waals surface area contributed by atoms with E-state index in [-0.39, 0.29) is 24.3 Å². The Kier molecular flexibility index (Phi) is 5.24. The van der Waals surface area contributed by atoms with Crippen molar-refractivity contribution in [3.05, 3.63) is 72.8 Å². The highest BCUT2D eigenvalue weighted by atomic mass is 16.5. The topological polar surface area (TPSA) is 58.6 Å². The number of carbonyl (C=O) groups excluding carboxylic acids is 2. The molecular weight excluding hydrogens is 352 g/mol. The van der Waals surface area contributed by atoms with Crippen LogP contribution in [0.5, 0.6) is 5.75 Å². The smallest absolute Gasteiger partial charge is 0.257 e. The molecule has 1 unspecified atom stereocenters. The number of rotatable bonds is 6. The van der Waals surface area contributed by atoms with E-state index in [1.54, 1.807) is 4.90 Å². The van der Waals surface area contributed by atoms with Crippen LogP contribution in [0, 0.1) is 5.92 Å². The molecule has 3 aromatic rings. The van der Waals surface area contributed by atoms with Gasteiger partial charge in [0.2, 0.25) is 5.91 Å². The van der Waals surface area contributed by atoms with E-state index in [1.165, 1.54) is 0 Å². The minimum absolute atomic E-state index is 0.0403. The van der Waals surface area contributed by atoms with Crippen LogP contribution in [0.4, 0.5) is 5.69 Å². The van der Waals surface area contributed by atoms with Gasteiger partial charge in [0.15, 0.2) is 6.61 Å². The Bertz CT molecular complexity index is 987. The second-order valence-corrected chi connectivity index (χ2v) is 7.01. The number of nitrogens with zero attached hydrogens (tertiary/aromatic N) is 1. The molecule has 1 aliphatic heterocycles. The maximum Gasteiger partial charge on any atom is 0.257 e. The second kappa shape index (κ2) is 8.13. The number of carbonyl (C=O) groups is 2. The molecule has 0 saturated carbocycles. The third-order valence-electron chi connectivity index (χ3n) is 4.95. The van der Waals surface area contributed by atoms with Crippen LogP contribution < -0.4 is 15.0 Å². The summed E-state index contributed by atoms with van der Waals surface area (Å²) in [7, 11) is 0. The van der Waals surface area contributed by atoms with Crippen LogP contribution in [-0.4, -0.2) is 31.5 Å². The molecule has 1 aliphatic rings. The Morgan fingerprint density at radius 1 is 1.00 bits per heavy atom. The van der Waals surface area contributed by atoms with Gasteiger partial charge in [0, 0.05) is 31.1 Å². The van der Waals surface area contributed by atoms with Crippen molar-refractivity contribution in [1.82, 2.24) is 5.32 Å². The highest BCUT2D eigenvalue weighted by Gasteiger charge is 2.30. The SMILES string of the molecule is O=C(COc1ccc2ccccc2c1)NCC1CC(=O)N(c2ccccc2)C1. The molecule has 0 radical (unpaired) electrons. The number of ether oxygens (including phenoxy) is 1. The van der Waals surface area contributed by atoms with Gasteiger partial charge in [-0.25, -0.2) is 0 Å². The second-order valence-electron chi connectivity index (χ2n) is 7.01. The first-order valence-electron chi connectivity index (χ1n) is 9.43. The van der Waals surface area contributed by atoms with Crippen LogP contribution >= 0.6 is 0 Å². The number of fused-ring (bicyclic) bond motifs is 1. The van der Waals surface area contributed by atoms with E-state index in [0.29, 0.717) is 25.3 Å². The Morgan fingerprint density at radius 2 is 1.75 bits per heavy atom. The quantitative estimate of drug-likeness (QED) is 0.720. The zero-order chi connectivity index (χ0) is 19.3. The molecule has 28 heavy (non-hydrogen) atoms. The summed E-state index contributed by atoms with van der Waals surface area (Å²) in [6, 6.07) is 23.4. The summed E-state index contributed by atoms with van der Waals surface area (Å²) in [5, 5.41) is 5.09. The van der Waals surface area contributed by atoms with Crippen LogP contribution in [0.3, 0.4) is 0 Å². The molecule has 1 N–H and O–H groups in total. The fraction of sp³-hybridized carbons (Fsp3) is 0.217. The molecule has 142 valence electrons. The van der Waals surface area contributed by atoms with Gasteiger partial charge in [-0.2, -0.15) is 0 Å². The van der Waals surface area contributed by atoms with Crippen LogP contribution in [0.2, 0.25) is 0 Å². The van der Waals surface area contributed by atoms with Crippen LogP contribution in [-0.2, 0) is 9.59 Å². The Balaban J connectivity index is 1.26. The molecule has 1 fully saturated rings.